The number of benzene rings is 2. The number of carbonyl (C=O) groups is 2. The van der Waals surface area contributed by atoms with Crippen LogP contribution in [-0.2, 0) is 32.0 Å². The maximum atomic E-state index is 12.6. The molecule has 6 heteroatoms. The van der Waals surface area contributed by atoms with Crippen molar-refractivity contribution in [3.05, 3.63) is 84.4 Å². The molecule has 2 atom stereocenters. The Bertz CT molecular complexity index is 809. The van der Waals surface area contributed by atoms with Gasteiger partial charge in [0.05, 0.1) is 25.4 Å². The maximum Gasteiger partial charge on any atom is 0.417 e. The van der Waals surface area contributed by atoms with Crippen LogP contribution < -0.4 is 0 Å². The fraction of sp³-hybridized carbons (Fsp3) is 0.304. The Morgan fingerprint density at radius 1 is 1.14 bits per heavy atom. The van der Waals surface area contributed by atoms with Crippen LogP contribution in [0.2, 0.25) is 0 Å². The van der Waals surface area contributed by atoms with E-state index < -0.39 is 18.1 Å². The van der Waals surface area contributed by atoms with Gasteiger partial charge in [-0.3, -0.25) is 4.79 Å². The molecule has 1 saturated heterocycles. The first-order valence-electron chi connectivity index (χ1n) is 9.56. The third-order valence-electron chi connectivity index (χ3n) is 4.62. The third kappa shape index (κ3) is 6.01. The van der Waals surface area contributed by atoms with Crippen LogP contribution in [0.5, 0.6) is 0 Å². The Morgan fingerprint density at radius 3 is 2.45 bits per heavy atom. The van der Waals surface area contributed by atoms with Crippen LogP contribution in [0.1, 0.15) is 11.1 Å². The highest BCUT2D eigenvalue weighted by molar-refractivity contribution is 5.94. The van der Waals surface area contributed by atoms with Gasteiger partial charge in [-0.15, -0.1) is 6.58 Å². The molecule has 0 bridgehead atoms. The Hall–Kier alpha value is -2.96. The van der Waals surface area contributed by atoms with Gasteiger partial charge >= 0.3 is 6.09 Å². The van der Waals surface area contributed by atoms with Crippen molar-refractivity contribution in [2.75, 3.05) is 19.8 Å². The van der Waals surface area contributed by atoms with E-state index in [-0.39, 0.29) is 25.9 Å². The Kier molecular flexibility index (Phi) is 7.55. The summed E-state index contributed by atoms with van der Waals surface area (Å²) in [5, 5.41) is 0. The molecule has 0 aromatic heterocycles. The molecule has 0 radical (unpaired) electrons. The molecule has 1 aliphatic heterocycles. The number of amides is 2. The average Bonchev–Trinajstić information content (AvgIpc) is 3.11. The SMILES string of the molecule is C=C[C@H](COCc1ccccc1)OCC(=O)N1C(=O)OC[C@H]1Cc1ccccc1. The minimum absolute atomic E-state index is 0.185. The summed E-state index contributed by atoms with van der Waals surface area (Å²) in [5.74, 6) is -0.427. The van der Waals surface area contributed by atoms with Gasteiger partial charge in [0.25, 0.3) is 5.91 Å². The van der Waals surface area contributed by atoms with Crippen molar-refractivity contribution < 1.29 is 23.8 Å². The molecule has 0 saturated carbocycles. The molecular weight excluding hydrogens is 370 g/mol. The van der Waals surface area contributed by atoms with E-state index in [0.717, 1.165) is 16.0 Å². The Morgan fingerprint density at radius 2 is 1.79 bits per heavy atom. The maximum absolute atomic E-state index is 12.6. The van der Waals surface area contributed by atoms with Crippen molar-refractivity contribution in [1.29, 1.82) is 0 Å². The van der Waals surface area contributed by atoms with Crippen molar-refractivity contribution >= 4 is 12.0 Å². The summed E-state index contributed by atoms with van der Waals surface area (Å²) in [6, 6.07) is 19.1. The summed E-state index contributed by atoms with van der Waals surface area (Å²) in [4.78, 5) is 25.8. The minimum Gasteiger partial charge on any atom is -0.447 e. The minimum atomic E-state index is -0.630. The highest BCUT2D eigenvalue weighted by atomic mass is 16.6. The highest BCUT2D eigenvalue weighted by Gasteiger charge is 2.37. The summed E-state index contributed by atoms with van der Waals surface area (Å²) in [6.45, 7) is 4.38. The normalized spacial score (nSPS) is 17.0. The van der Waals surface area contributed by atoms with Crippen LogP contribution in [0, 0.1) is 0 Å². The zero-order valence-corrected chi connectivity index (χ0v) is 16.2. The van der Waals surface area contributed by atoms with Crippen LogP contribution in [0.4, 0.5) is 4.79 Å². The molecule has 2 aromatic carbocycles. The molecule has 1 fully saturated rings. The van der Waals surface area contributed by atoms with Crippen LogP contribution in [-0.4, -0.2) is 48.9 Å². The number of cyclic esters (lactones) is 1. The molecule has 6 nitrogen and oxygen atoms in total. The second kappa shape index (κ2) is 10.5. The predicted molar refractivity (Wildman–Crippen MR) is 108 cm³/mol. The van der Waals surface area contributed by atoms with Crippen molar-refractivity contribution in [3.63, 3.8) is 0 Å². The number of hydrogen-bond acceptors (Lipinski definition) is 5. The molecule has 2 aromatic rings. The van der Waals surface area contributed by atoms with Crippen LogP contribution >= 0.6 is 0 Å². The van der Waals surface area contributed by atoms with E-state index >= 15 is 0 Å². The molecule has 29 heavy (non-hydrogen) atoms. The zero-order chi connectivity index (χ0) is 20.5. The third-order valence-corrected chi connectivity index (χ3v) is 4.62. The van der Waals surface area contributed by atoms with Gasteiger partial charge < -0.3 is 14.2 Å². The lowest BCUT2D eigenvalue weighted by Crippen LogP contribution is -2.42. The van der Waals surface area contributed by atoms with Gasteiger partial charge in [-0.1, -0.05) is 66.7 Å². The second-order valence-corrected chi connectivity index (χ2v) is 6.77. The van der Waals surface area contributed by atoms with Crippen molar-refractivity contribution in [1.82, 2.24) is 4.90 Å². The van der Waals surface area contributed by atoms with E-state index in [2.05, 4.69) is 6.58 Å². The van der Waals surface area contributed by atoms with Gasteiger partial charge in [0.15, 0.2) is 0 Å². The molecule has 3 rings (SSSR count). The van der Waals surface area contributed by atoms with Gasteiger partial charge in [-0.2, -0.15) is 0 Å². The van der Waals surface area contributed by atoms with E-state index in [0.29, 0.717) is 13.0 Å². The van der Waals surface area contributed by atoms with Gasteiger partial charge in [0.2, 0.25) is 0 Å². The summed E-state index contributed by atoms with van der Waals surface area (Å²) in [7, 11) is 0. The largest absolute Gasteiger partial charge is 0.447 e. The summed E-state index contributed by atoms with van der Waals surface area (Å²) in [6.07, 6.45) is 1.05. The van der Waals surface area contributed by atoms with Gasteiger partial charge in [-0.05, 0) is 17.5 Å². The van der Waals surface area contributed by atoms with Crippen molar-refractivity contribution in [2.45, 2.75) is 25.2 Å². The number of ether oxygens (including phenoxy) is 3. The van der Waals surface area contributed by atoms with Crippen molar-refractivity contribution in [3.8, 4) is 0 Å². The topological polar surface area (TPSA) is 65.1 Å². The summed E-state index contributed by atoms with van der Waals surface area (Å²) >= 11 is 0. The fourth-order valence-corrected chi connectivity index (χ4v) is 3.10. The smallest absolute Gasteiger partial charge is 0.417 e. The summed E-state index contributed by atoms with van der Waals surface area (Å²) < 4.78 is 16.3. The highest BCUT2D eigenvalue weighted by Crippen LogP contribution is 2.18. The molecule has 0 aliphatic carbocycles. The lowest BCUT2D eigenvalue weighted by molar-refractivity contribution is -0.136. The number of imide groups is 1. The predicted octanol–water partition coefficient (Wildman–Crippen LogP) is 3.36. The Labute approximate surface area is 170 Å². The summed E-state index contributed by atoms with van der Waals surface area (Å²) in [5.41, 5.74) is 2.09. The standard InChI is InChI=1S/C23H25NO5/c1-2-21(16-27-14-19-11-7-4-8-12-19)28-17-22(25)24-20(15-29-23(24)26)13-18-9-5-3-6-10-18/h2-12,20-21H,1,13-17H2/t20-,21-/m1/s1. The lowest BCUT2D eigenvalue weighted by atomic mass is 10.1. The molecule has 1 aliphatic rings. The van der Waals surface area contributed by atoms with Gasteiger partial charge in [0.1, 0.15) is 13.2 Å². The molecule has 2 amide bonds. The zero-order valence-electron chi connectivity index (χ0n) is 16.2. The fourth-order valence-electron chi connectivity index (χ4n) is 3.10. The van der Waals surface area contributed by atoms with Crippen LogP contribution in [0.25, 0.3) is 0 Å². The molecule has 0 N–H and O–H groups in total. The molecule has 152 valence electrons. The van der Waals surface area contributed by atoms with E-state index in [9.17, 15) is 9.59 Å². The number of hydrogen-bond donors (Lipinski definition) is 0. The van der Waals surface area contributed by atoms with E-state index in [1.807, 2.05) is 60.7 Å². The monoisotopic (exact) mass is 395 g/mol. The first-order chi connectivity index (χ1) is 14.2. The first kappa shape index (κ1) is 20.8. The average molecular weight is 395 g/mol. The molecule has 0 spiro atoms. The van der Waals surface area contributed by atoms with Gasteiger partial charge in [-0.25, -0.2) is 9.69 Å². The number of nitrogens with zero attached hydrogens (tertiary/aromatic N) is 1. The quantitative estimate of drug-likeness (QED) is 0.577. The van der Waals surface area contributed by atoms with Crippen LogP contribution in [0.3, 0.4) is 0 Å². The number of rotatable bonds is 10. The van der Waals surface area contributed by atoms with E-state index in [4.69, 9.17) is 14.2 Å². The number of carbonyl (C=O) groups excluding carboxylic acids is 2. The van der Waals surface area contributed by atoms with E-state index in [1.165, 1.54) is 0 Å². The van der Waals surface area contributed by atoms with E-state index in [1.54, 1.807) is 6.08 Å². The lowest BCUT2D eigenvalue weighted by Gasteiger charge is -2.21. The molecular formula is C23H25NO5. The van der Waals surface area contributed by atoms with Crippen molar-refractivity contribution in [2.24, 2.45) is 0 Å². The molecule has 0 unspecified atom stereocenters. The molecule has 1 heterocycles. The first-order valence-corrected chi connectivity index (χ1v) is 9.56. The van der Waals surface area contributed by atoms with Crippen LogP contribution in [0.15, 0.2) is 73.3 Å². The Balaban J connectivity index is 1.48. The van der Waals surface area contributed by atoms with Gasteiger partial charge in [0, 0.05) is 0 Å². The second-order valence-electron chi connectivity index (χ2n) is 6.77.